The quantitative estimate of drug-likeness (QED) is 0.918. The molecule has 0 unspecified atom stereocenters. The number of halogens is 1. The molecule has 0 aromatic heterocycles. The summed E-state index contributed by atoms with van der Waals surface area (Å²) < 4.78 is 5.83. The van der Waals surface area contributed by atoms with Gasteiger partial charge in [0.05, 0.1) is 22.9 Å². The third-order valence-electron chi connectivity index (χ3n) is 3.62. The number of hydrogen-bond donors (Lipinski definition) is 1. The van der Waals surface area contributed by atoms with Gasteiger partial charge in [0.25, 0.3) is 0 Å². The van der Waals surface area contributed by atoms with Crippen LogP contribution in [0.15, 0.2) is 18.2 Å². The third-order valence-corrected chi connectivity index (χ3v) is 3.92. The summed E-state index contributed by atoms with van der Waals surface area (Å²) in [4.78, 5) is 2.36. The molecule has 2 rings (SSSR count). The second kappa shape index (κ2) is 6.55. The fourth-order valence-electron chi connectivity index (χ4n) is 2.78. The van der Waals surface area contributed by atoms with Gasteiger partial charge in [0.15, 0.2) is 0 Å². The van der Waals surface area contributed by atoms with Crippen LogP contribution in [0, 0.1) is 0 Å². The molecule has 2 atom stereocenters. The van der Waals surface area contributed by atoms with E-state index in [9.17, 15) is 0 Å². The van der Waals surface area contributed by atoms with Gasteiger partial charge >= 0.3 is 0 Å². The van der Waals surface area contributed by atoms with Crippen LogP contribution >= 0.6 is 11.6 Å². The maximum absolute atomic E-state index is 6.50. The molecule has 0 amide bonds. The molecule has 1 saturated heterocycles. The molecule has 21 heavy (non-hydrogen) atoms. The molecule has 1 fully saturated rings. The Labute approximate surface area is 133 Å². The highest BCUT2D eigenvalue weighted by atomic mass is 35.5. The number of hydrogen-bond acceptors (Lipinski definition) is 3. The minimum absolute atomic E-state index is 0.0885. The van der Waals surface area contributed by atoms with Gasteiger partial charge in [0, 0.05) is 25.2 Å². The molecule has 1 aromatic rings. The molecule has 3 nitrogen and oxygen atoms in total. The van der Waals surface area contributed by atoms with Gasteiger partial charge in [0.1, 0.15) is 0 Å². The van der Waals surface area contributed by atoms with E-state index in [1.54, 1.807) is 0 Å². The zero-order valence-corrected chi connectivity index (χ0v) is 14.5. The van der Waals surface area contributed by atoms with Crippen LogP contribution in [0.5, 0.6) is 0 Å². The average molecular weight is 311 g/mol. The van der Waals surface area contributed by atoms with Crippen molar-refractivity contribution in [2.75, 3.05) is 18.0 Å². The predicted molar refractivity (Wildman–Crippen MR) is 90.3 cm³/mol. The Bertz CT molecular complexity index is 474. The van der Waals surface area contributed by atoms with Gasteiger partial charge in [-0.2, -0.15) is 0 Å². The second-order valence-corrected chi connectivity index (χ2v) is 7.42. The molecular weight excluding hydrogens is 284 g/mol. The molecule has 4 heteroatoms. The van der Waals surface area contributed by atoms with E-state index in [4.69, 9.17) is 16.3 Å². The van der Waals surface area contributed by atoms with Crippen molar-refractivity contribution in [3.05, 3.63) is 28.8 Å². The zero-order chi connectivity index (χ0) is 15.6. The minimum Gasteiger partial charge on any atom is -0.372 e. The SMILES string of the molecule is C[C@@H]1CN(c2c(Cl)cccc2CNC(C)(C)C)C[C@H](C)O1. The van der Waals surface area contributed by atoms with Gasteiger partial charge < -0.3 is 15.0 Å². The summed E-state index contributed by atoms with van der Waals surface area (Å²) >= 11 is 6.50. The normalized spacial score (nSPS) is 23.4. The Morgan fingerprint density at radius 3 is 2.43 bits per heavy atom. The molecule has 1 aromatic carbocycles. The lowest BCUT2D eigenvalue weighted by Gasteiger charge is -2.38. The minimum atomic E-state index is 0.0885. The number of nitrogens with one attached hydrogen (secondary N) is 1. The van der Waals surface area contributed by atoms with Crippen molar-refractivity contribution in [1.29, 1.82) is 0 Å². The van der Waals surface area contributed by atoms with Gasteiger partial charge in [-0.3, -0.25) is 0 Å². The third kappa shape index (κ3) is 4.60. The van der Waals surface area contributed by atoms with E-state index in [2.05, 4.69) is 50.9 Å². The van der Waals surface area contributed by atoms with Gasteiger partial charge in [0.2, 0.25) is 0 Å². The summed E-state index contributed by atoms with van der Waals surface area (Å²) in [6.07, 6.45) is 0.460. The van der Waals surface area contributed by atoms with Gasteiger partial charge in [-0.25, -0.2) is 0 Å². The summed E-state index contributed by atoms with van der Waals surface area (Å²) in [5.74, 6) is 0. The summed E-state index contributed by atoms with van der Waals surface area (Å²) in [5.41, 5.74) is 2.49. The number of benzene rings is 1. The summed E-state index contributed by atoms with van der Waals surface area (Å²) in [6, 6.07) is 6.16. The molecule has 1 heterocycles. The molecule has 0 bridgehead atoms. The Balaban J connectivity index is 2.25. The van der Waals surface area contributed by atoms with Crippen LogP contribution in [0.25, 0.3) is 0 Å². The van der Waals surface area contributed by atoms with Crippen molar-refractivity contribution in [1.82, 2.24) is 5.32 Å². The first-order chi connectivity index (χ1) is 9.76. The maximum atomic E-state index is 6.50. The van der Waals surface area contributed by atoms with Gasteiger partial charge in [-0.15, -0.1) is 0 Å². The highest BCUT2D eigenvalue weighted by Gasteiger charge is 2.25. The Morgan fingerprint density at radius 1 is 1.24 bits per heavy atom. The zero-order valence-electron chi connectivity index (χ0n) is 13.7. The van der Waals surface area contributed by atoms with Crippen molar-refractivity contribution in [3.8, 4) is 0 Å². The van der Waals surface area contributed by atoms with Crippen molar-refractivity contribution >= 4 is 17.3 Å². The van der Waals surface area contributed by atoms with Crippen LogP contribution in [-0.2, 0) is 11.3 Å². The highest BCUT2D eigenvalue weighted by Crippen LogP contribution is 2.32. The molecule has 0 radical (unpaired) electrons. The van der Waals surface area contributed by atoms with Crippen molar-refractivity contribution < 1.29 is 4.74 Å². The van der Waals surface area contributed by atoms with E-state index >= 15 is 0 Å². The number of anilines is 1. The molecule has 0 aliphatic carbocycles. The molecule has 118 valence electrons. The van der Waals surface area contributed by atoms with Gasteiger partial charge in [-0.1, -0.05) is 23.7 Å². The number of nitrogens with zero attached hydrogens (tertiary/aromatic N) is 1. The standard InChI is InChI=1S/C17H27ClN2O/c1-12-10-20(11-13(2)21-12)16-14(7-6-8-15(16)18)9-19-17(3,4)5/h6-8,12-13,19H,9-11H2,1-5H3/t12-,13+. The van der Waals surface area contributed by atoms with Crippen LogP contribution in [0.3, 0.4) is 0 Å². The predicted octanol–water partition coefficient (Wildman–Crippen LogP) is 3.84. The van der Waals surface area contributed by atoms with Crippen molar-refractivity contribution in [3.63, 3.8) is 0 Å². The van der Waals surface area contributed by atoms with Crippen LogP contribution in [0.4, 0.5) is 5.69 Å². The molecule has 0 saturated carbocycles. The molecule has 1 aliphatic heterocycles. The van der Waals surface area contributed by atoms with Crippen LogP contribution in [-0.4, -0.2) is 30.8 Å². The van der Waals surface area contributed by atoms with E-state index < -0.39 is 0 Å². The number of para-hydroxylation sites is 1. The lowest BCUT2D eigenvalue weighted by Crippen LogP contribution is -2.46. The van der Waals surface area contributed by atoms with Crippen molar-refractivity contribution in [2.45, 2.75) is 58.9 Å². The van der Waals surface area contributed by atoms with Crippen LogP contribution in [0.1, 0.15) is 40.2 Å². The van der Waals surface area contributed by atoms with E-state index in [0.717, 1.165) is 30.3 Å². The van der Waals surface area contributed by atoms with Crippen LogP contribution in [0.2, 0.25) is 5.02 Å². The van der Waals surface area contributed by atoms with Crippen LogP contribution < -0.4 is 10.2 Å². The van der Waals surface area contributed by atoms with E-state index in [1.165, 1.54) is 5.56 Å². The van der Waals surface area contributed by atoms with Gasteiger partial charge in [-0.05, 0) is 46.2 Å². The lowest BCUT2D eigenvalue weighted by molar-refractivity contribution is -0.00526. The maximum Gasteiger partial charge on any atom is 0.0726 e. The smallest absolute Gasteiger partial charge is 0.0726 e. The summed E-state index contributed by atoms with van der Waals surface area (Å²) in [5, 5.41) is 4.37. The second-order valence-electron chi connectivity index (χ2n) is 7.01. The first-order valence-electron chi connectivity index (χ1n) is 7.69. The highest BCUT2D eigenvalue weighted by molar-refractivity contribution is 6.33. The fraction of sp³-hybridized carbons (Fsp3) is 0.647. The lowest BCUT2D eigenvalue weighted by atomic mass is 10.1. The summed E-state index contributed by atoms with van der Waals surface area (Å²) in [7, 11) is 0. The first kappa shape index (κ1) is 16.6. The van der Waals surface area contributed by atoms with E-state index in [0.29, 0.717) is 0 Å². The Hall–Kier alpha value is -0.770. The fourth-order valence-corrected chi connectivity index (χ4v) is 3.09. The Morgan fingerprint density at radius 2 is 1.86 bits per heavy atom. The first-order valence-corrected chi connectivity index (χ1v) is 8.07. The molecule has 0 spiro atoms. The Kier molecular flexibility index (Phi) is 5.18. The molecular formula is C17H27ClN2O. The number of morpholine rings is 1. The average Bonchev–Trinajstić information content (AvgIpc) is 2.34. The largest absolute Gasteiger partial charge is 0.372 e. The van der Waals surface area contributed by atoms with Crippen molar-refractivity contribution in [2.24, 2.45) is 0 Å². The topological polar surface area (TPSA) is 24.5 Å². The molecule has 1 aliphatic rings. The monoisotopic (exact) mass is 310 g/mol. The summed E-state index contributed by atoms with van der Waals surface area (Å²) in [6.45, 7) is 13.4. The van der Waals surface area contributed by atoms with E-state index in [1.807, 2.05) is 12.1 Å². The molecule has 1 N–H and O–H groups in total. The number of ether oxygens (including phenoxy) is 1. The number of rotatable bonds is 3. The van der Waals surface area contributed by atoms with E-state index in [-0.39, 0.29) is 17.7 Å².